The molecule has 0 bridgehead atoms. The maximum atomic E-state index is 12.3. The number of rotatable bonds is 3. The lowest BCUT2D eigenvalue weighted by Crippen LogP contribution is -2.35. The first-order valence-electron chi connectivity index (χ1n) is 5.85. The quantitative estimate of drug-likeness (QED) is 0.876. The van der Waals surface area contributed by atoms with Gasteiger partial charge in [-0.3, -0.25) is 4.79 Å². The second kappa shape index (κ2) is 5.36. The largest absolute Gasteiger partial charge is 0.325 e. The standard InChI is InChI=1S/C14H14ClN3O/c1-14(2,11-8-9-16-13(15)18-11)12(19)17-10-6-4-3-5-7-10/h3-9H,1-2H3,(H,17,19). The predicted molar refractivity (Wildman–Crippen MR) is 75.1 cm³/mol. The predicted octanol–water partition coefficient (Wildman–Crippen LogP) is 3.05. The number of aromatic nitrogens is 2. The van der Waals surface area contributed by atoms with E-state index in [1.54, 1.807) is 26.1 Å². The van der Waals surface area contributed by atoms with Gasteiger partial charge in [0.25, 0.3) is 0 Å². The molecule has 19 heavy (non-hydrogen) atoms. The highest BCUT2D eigenvalue weighted by Crippen LogP contribution is 2.23. The van der Waals surface area contributed by atoms with Crippen molar-refractivity contribution in [3.8, 4) is 0 Å². The van der Waals surface area contributed by atoms with E-state index in [1.807, 2.05) is 30.3 Å². The van der Waals surface area contributed by atoms with Gasteiger partial charge in [-0.15, -0.1) is 0 Å². The Kier molecular flexibility index (Phi) is 3.81. The number of amides is 1. The zero-order chi connectivity index (χ0) is 13.9. The molecule has 0 aliphatic heterocycles. The molecule has 0 saturated heterocycles. The Labute approximate surface area is 116 Å². The summed E-state index contributed by atoms with van der Waals surface area (Å²) in [7, 11) is 0. The number of benzene rings is 1. The third-order valence-electron chi connectivity index (χ3n) is 2.87. The number of carbonyl (C=O) groups excluding carboxylic acids is 1. The summed E-state index contributed by atoms with van der Waals surface area (Å²) in [6.45, 7) is 3.59. The molecule has 5 heteroatoms. The summed E-state index contributed by atoms with van der Waals surface area (Å²) >= 11 is 5.76. The van der Waals surface area contributed by atoms with E-state index < -0.39 is 5.41 Å². The highest BCUT2D eigenvalue weighted by atomic mass is 35.5. The highest BCUT2D eigenvalue weighted by molar-refractivity contribution is 6.28. The number of halogens is 1. The SMILES string of the molecule is CC(C)(C(=O)Nc1ccccc1)c1ccnc(Cl)n1. The van der Waals surface area contributed by atoms with Gasteiger partial charge in [-0.2, -0.15) is 0 Å². The lowest BCUT2D eigenvalue weighted by molar-refractivity contribution is -0.120. The van der Waals surface area contributed by atoms with E-state index in [1.165, 1.54) is 0 Å². The van der Waals surface area contributed by atoms with Gasteiger partial charge < -0.3 is 5.32 Å². The summed E-state index contributed by atoms with van der Waals surface area (Å²) < 4.78 is 0. The van der Waals surface area contributed by atoms with E-state index in [9.17, 15) is 4.79 Å². The first kappa shape index (κ1) is 13.5. The Morgan fingerprint density at radius 2 is 1.89 bits per heavy atom. The lowest BCUT2D eigenvalue weighted by atomic mass is 9.88. The monoisotopic (exact) mass is 275 g/mol. The number of hydrogen-bond acceptors (Lipinski definition) is 3. The van der Waals surface area contributed by atoms with Gasteiger partial charge in [0.1, 0.15) is 0 Å². The fourth-order valence-electron chi connectivity index (χ4n) is 1.61. The first-order chi connectivity index (χ1) is 9.00. The van der Waals surface area contributed by atoms with Crippen LogP contribution in [0.3, 0.4) is 0 Å². The van der Waals surface area contributed by atoms with Crippen LogP contribution in [0.1, 0.15) is 19.5 Å². The Morgan fingerprint density at radius 3 is 2.53 bits per heavy atom. The molecule has 1 aromatic carbocycles. The van der Waals surface area contributed by atoms with Gasteiger partial charge in [-0.1, -0.05) is 18.2 Å². The summed E-state index contributed by atoms with van der Waals surface area (Å²) in [4.78, 5) is 20.3. The summed E-state index contributed by atoms with van der Waals surface area (Å²) in [6.07, 6.45) is 1.54. The molecule has 0 radical (unpaired) electrons. The van der Waals surface area contributed by atoms with Crippen molar-refractivity contribution in [1.82, 2.24) is 9.97 Å². The van der Waals surface area contributed by atoms with Crippen molar-refractivity contribution in [2.45, 2.75) is 19.3 Å². The Bertz CT molecular complexity index is 584. The van der Waals surface area contributed by atoms with Crippen LogP contribution in [0.25, 0.3) is 0 Å². The van der Waals surface area contributed by atoms with Crippen LogP contribution < -0.4 is 5.32 Å². The summed E-state index contributed by atoms with van der Waals surface area (Å²) in [5.41, 5.74) is 0.546. The molecular weight excluding hydrogens is 262 g/mol. The van der Waals surface area contributed by atoms with Gasteiger partial charge in [0, 0.05) is 11.9 Å². The zero-order valence-electron chi connectivity index (χ0n) is 10.7. The van der Waals surface area contributed by atoms with Crippen LogP contribution in [-0.4, -0.2) is 15.9 Å². The van der Waals surface area contributed by atoms with Crippen molar-refractivity contribution in [2.24, 2.45) is 0 Å². The fourth-order valence-corrected chi connectivity index (χ4v) is 1.76. The number of nitrogens with one attached hydrogen (secondary N) is 1. The van der Waals surface area contributed by atoms with Crippen molar-refractivity contribution in [2.75, 3.05) is 5.32 Å². The molecule has 98 valence electrons. The number of hydrogen-bond donors (Lipinski definition) is 1. The summed E-state index contributed by atoms with van der Waals surface area (Å²) in [5, 5.41) is 2.99. The molecule has 0 saturated carbocycles. The van der Waals surface area contributed by atoms with Gasteiger partial charge in [-0.25, -0.2) is 9.97 Å². The molecule has 1 amide bonds. The third kappa shape index (κ3) is 3.09. The third-order valence-corrected chi connectivity index (χ3v) is 3.05. The maximum Gasteiger partial charge on any atom is 0.236 e. The summed E-state index contributed by atoms with van der Waals surface area (Å²) in [6, 6.07) is 11.0. The molecule has 0 aliphatic rings. The van der Waals surface area contributed by atoms with Crippen LogP contribution in [0, 0.1) is 0 Å². The molecule has 1 heterocycles. The van der Waals surface area contributed by atoms with E-state index >= 15 is 0 Å². The first-order valence-corrected chi connectivity index (χ1v) is 6.23. The van der Waals surface area contributed by atoms with Crippen molar-refractivity contribution in [3.63, 3.8) is 0 Å². The van der Waals surface area contributed by atoms with Crippen molar-refractivity contribution in [3.05, 3.63) is 53.6 Å². The second-order valence-electron chi connectivity index (χ2n) is 4.66. The zero-order valence-corrected chi connectivity index (χ0v) is 11.5. The number of carbonyl (C=O) groups is 1. The molecule has 0 atom stereocenters. The van der Waals surface area contributed by atoms with Gasteiger partial charge in [0.2, 0.25) is 11.2 Å². The van der Waals surface area contributed by atoms with Gasteiger partial charge in [0.15, 0.2) is 0 Å². The lowest BCUT2D eigenvalue weighted by Gasteiger charge is -2.22. The maximum absolute atomic E-state index is 12.3. The molecule has 0 unspecified atom stereocenters. The Morgan fingerprint density at radius 1 is 1.21 bits per heavy atom. The molecule has 2 rings (SSSR count). The van der Waals surface area contributed by atoms with E-state index in [-0.39, 0.29) is 11.2 Å². The molecular formula is C14H14ClN3O. The molecule has 1 aromatic heterocycles. The van der Waals surface area contributed by atoms with Crippen LogP contribution in [-0.2, 0) is 10.2 Å². The van der Waals surface area contributed by atoms with Crippen LogP contribution in [0.4, 0.5) is 5.69 Å². The normalized spacial score (nSPS) is 11.1. The molecule has 0 aliphatic carbocycles. The minimum absolute atomic E-state index is 0.137. The van der Waals surface area contributed by atoms with Crippen LogP contribution >= 0.6 is 11.6 Å². The topological polar surface area (TPSA) is 54.9 Å². The van der Waals surface area contributed by atoms with Crippen molar-refractivity contribution >= 4 is 23.2 Å². The molecule has 2 aromatic rings. The minimum Gasteiger partial charge on any atom is -0.325 e. The van der Waals surface area contributed by atoms with E-state index in [4.69, 9.17) is 11.6 Å². The van der Waals surface area contributed by atoms with E-state index in [2.05, 4.69) is 15.3 Å². The highest BCUT2D eigenvalue weighted by Gasteiger charge is 2.31. The van der Waals surface area contributed by atoms with E-state index in [0.717, 1.165) is 5.69 Å². The Hall–Kier alpha value is -1.94. The molecule has 1 N–H and O–H groups in total. The van der Waals surface area contributed by atoms with Crippen LogP contribution in [0.15, 0.2) is 42.6 Å². The average molecular weight is 276 g/mol. The van der Waals surface area contributed by atoms with Crippen molar-refractivity contribution in [1.29, 1.82) is 0 Å². The van der Waals surface area contributed by atoms with Gasteiger partial charge >= 0.3 is 0 Å². The average Bonchev–Trinajstić information content (AvgIpc) is 2.40. The number of anilines is 1. The second-order valence-corrected chi connectivity index (χ2v) is 4.99. The van der Waals surface area contributed by atoms with Crippen LogP contribution in [0.5, 0.6) is 0 Å². The smallest absolute Gasteiger partial charge is 0.236 e. The van der Waals surface area contributed by atoms with E-state index in [0.29, 0.717) is 5.69 Å². The Balaban J connectivity index is 2.22. The van der Waals surface area contributed by atoms with Crippen LogP contribution in [0.2, 0.25) is 5.28 Å². The van der Waals surface area contributed by atoms with Gasteiger partial charge in [-0.05, 0) is 43.6 Å². The molecule has 0 spiro atoms. The number of nitrogens with zero attached hydrogens (tertiary/aromatic N) is 2. The fraction of sp³-hybridized carbons (Fsp3) is 0.214. The molecule has 4 nitrogen and oxygen atoms in total. The molecule has 0 fully saturated rings. The summed E-state index contributed by atoms with van der Waals surface area (Å²) in [5.74, 6) is -0.145. The van der Waals surface area contributed by atoms with Crippen molar-refractivity contribution < 1.29 is 4.79 Å². The number of para-hydroxylation sites is 1. The minimum atomic E-state index is -0.789. The van der Waals surface area contributed by atoms with Gasteiger partial charge in [0.05, 0.1) is 11.1 Å².